The number of fused-ring (bicyclic) bond motifs is 1. The van der Waals surface area contributed by atoms with Crippen LogP contribution < -0.4 is 0 Å². The number of nitrogens with zero attached hydrogens (tertiary/aromatic N) is 2. The van der Waals surface area contributed by atoms with E-state index < -0.39 is 22.9 Å². The highest BCUT2D eigenvalue weighted by atomic mass is 79.9. The Labute approximate surface area is 214 Å². The SMILES string of the molecule is O=CC1(COC2(c3ccc(Cl)cc3)c3c(F)cc(Br)cc3C(=O)N2Cc2ccc(Cl)cn2)CC1. The van der Waals surface area contributed by atoms with Crippen molar-refractivity contribution in [2.24, 2.45) is 5.41 Å². The van der Waals surface area contributed by atoms with E-state index in [2.05, 4.69) is 20.9 Å². The first kappa shape index (κ1) is 23.4. The summed E-state index contributed by atoms with van der Waals surface area (Å²) < 4.78 is 22.6. The number of rotatable bonds is 7. The van der Waals surface area contributed by atoms with E-state index in [4.69, 9.17) is 27.9 Å². The topological polar surface area (TPSA) is 59.5 Å². The monoisotopic (exact) mass is 562 g/mol. The number of hydrogen-bond acceptors (Lipinski definition) is 4. The molecule has 2 aliphatic rings. The molecule has 2 heterocycles. The van der Waals surface area contributed by atoms with Crippen molar-refractivity contribution in [2.75, 3.05) is 6.61 Å². The van der Waals surface area contributed by atoms with E-state index in [1.165, 1.54) is 17.2 Å². The van der Waals surface area contributed by atoms with Gasteiger partial charge in [0.2, 0.25) is 0 Å². The molecule has 1 amide bonds. The van der Waals surface area contributed by atoms with Crippen LogP contribution in [0.2, 0.25) is 10.0 Å². The maximum absolute atomic E-state index is 15.6. The number of aromatic nitrogens is 1. The average molecular weight is 564 g/mol. The van der Waals surface area contributed by atoms with Crippen molar-refractivity contribution >= 4 is 51.3 Å². The third-order valence-corrected chi connectivity index (χ3v) is 7.24. The van der Waals surface area contributed by atoms with E-state index in [-0.39, 0.29) is 24.3 Å². The Morgan fingerprint density at radius 2 is 1.82 bits per heavy atom. The third kappa shape index (κ3) is 3.94. The second-order valence-electron chi connectivity index (χ2n) is 8.59. The predicted molar refractivity (Wildman–Crippen MR) is 129 cm³/mol. The summed E-state index contributed by atoms with van der Waals surface area (Å²) in [7, 11) is 0. The van der Waals surface area contributed by atoms with Gasteiger partial charge in [-0.2, -0.15) is 0 Å². The van der Waals surface area contributed by atoms with Crippen LogP contribution in [0.25, 0.3) is 0 Å². The molecule has 2 aromatic carbocycles. The molecule has 1 aromatic heterocycles. The standard InChI is InChI=1S/C25H18BrCl2FN2O3/c26-16-9-20-22(21(29)10-16)25(15-1-3-17(27)4-2-15,34-14-24(13-32)7-8-24)31(23(20)33)12-19-6-5-18(28)11-30-19/h1-6,9-11,13H,7-8,12,14H2. The van der Waals surface area contributed by atoms with Gasteiger partial charge in [-0.3, -0.25) is 14.7 Å². The number of ether oxygens (including phenoxy) is 1. The largest absolute Gasteiger partial charge is 0.346 e. The lowest BCUT2D eigenvalue weighted by atomic mass is 9.92. The number of amides is 1. The molecule has 0 spiro atoms. The van der Waals surface area contributed by atoms with Gasteiger partial charge < -0.3 is 9.53 Å². The third-order valence-electron chi connectivity index (χ3n) is 6.30. The molecule has 0 N–H and O–H groups in total. The fourth-order valence-corrected chi connectivity index (χ4v) is 4.94. The lowest BCUT2D eigenvalue weighted by Crippen LogP contribution is -2.48. The summed E-state index contributed by atoms with van der Waals surface area (Å²) in [6.45, 7) is 0.0599. The van der Waals surface area contributed by atoms with Gasteiger partial charge in [0, 0.05) is 26.7 Å². The van der Waals surface area contributed by atoms with E-state index in [9.17, 15) is 9.59 Å². The van der Waals surface area contributed by atoms with E-state index in [0.717, 1.165) is 6.29 Å². The van der Waals surface area contributed by atoms with Crippen molar-refractivity contribution in [3.8, 4) is 0 Å². The number of halogens is 4. The van der Waals surface area contributed by atoms with Crippen molar-refractivity contribution in [1.82, 2.24) is 9.88 Å². The highest BCUT2D eigenvalue weighted by molar-refractivity contribution is 9.10. The summed E-state index contributed by atoms with van der Waals surface area (Å²) >= 11 is 15.4. The van der Waals surface area contributed by atoms with Crippen LogP contribution in [0.4, 0.5) is 4.39 Å². The highest BCUT2D eigenvalue weighted by Crippen LogP contribution is 2.51. The molecule has 0 bridgehead atoms. The zero-order valence-corrected chi connectivity index (χ0v) is 20.8. The first-order valence-corrected chi connectivity index (χ1v) is 12.1. The summed E-state index contributed by atoms with van der Waals surface area (Å²) in [6, 6.07) is 13.0. The number of pyridine rings is 1. The normalized spacial score (nSPS) is 20.4. The van der Waals surface area contributed by atoms with Crippen molar-refractivity contribution in [3.05, 3.63) is 97.4 Å². The minimum Gasteiger partial charge on any atom is -0.346 e. The highest BCUT2D eigenvalue weighted by Gasteiger charge is 2.56. The Hall–Kier alpha value is -2.32. The molecule has 5 nitrogen and oxygen atoms in total. The minimum atomic E-state index is -1.62. The fourth-order valence-electron chi connectivity index (χ4n) is 4.27. The first-order chi connectivity index (χ1) is 16.3. The molecule has 3 aromatic rings. The van der Waals surface area contributed by atoms with E-state index in [0.29, 0.717) is 38.6 Å². The first-order valence-electron chi connectivity index (χ1n) is 10.6. The summed E-state index contributed by atoms with van der Waals surface area (Å²) in [5.41, 5.74) is -0.932. The molecule has 5 rings (SSSR count). The van der Waals surface area contributed by atoms with Gasteiger partial charge in [0.25, 0.3) is 5.91 Å². The van der Waals surface area contributed by atoms with Crippen molar-refractivity contribution in [1.29, 1.82) is 0 Å². The number of carbonyl (C=O) groups excluding carboxylic acids is 2. The molecule has 34 heavy (non-hydrogen) atoms. The van der Waals surface area contributed by atoms with Crippen LogP contribution in [0.3, 0.4) is 0 Å². The van der Waals surface area contributed by atoms with Gasteiger partial charge in [-0.1, -0.05) is 51.3 Å². The number of hydrogen-bond donors (Lipinski definition) is 0. The Kier molecular flexibility index (Phi) is 6.01. The van der Waals surface area contributed by atoms with E-state index in [1.54, 1.807) is 42.5 Å². The number of benzene rings is 2. The smallest absolute Gasteiger partial charge is 0.257 e. The van der Waals surface area contributed by atoms with Crippen molar-refractivity contribution < 1.29 is 18.7 Å². The Bertz CT molecular complexity index is 1280. The number of aldehydes is 1. The molecule has 1 saturated carbocycles. The molecule has 1 aliphatic carbocycles. The fraction of sp³-hybridized carbons (Fsp3) is 0.240. The Morgan fingerprint density at radius 1 is 1.12 bits per heavy atom. The van der Waals surface area contributed by atoms with Crippen LogP contribution in [-0.4, -0.2) is 28.7 Å². The minimum absolute atomic E-state index is 0.0262. The summed E-state index contributed by atoms with van der Waals surface area (Å²) in [5, 5.41) is 0.939. The van der Waals surface area contributed by atoms with Gasteiger partial charge in [-0.15, -0.1) is 0 Å². The zero-order chi connectivity index (χ0) is 24.1. The Morgan fingerprint density at radius 3 is 2.44 bits per heavy atom. The van der Waals surface area contributed by atoms with Crippen LogP contribution in [0.1, 0.15) is 40.0 Å². The summed E-state index contributed by atoms with van der Waals surface area (Å²) in [4.78, 5) is 31.3. The molecule has 174 valence electrons. The van der Waals surface area contributed by atoms with Gasteiger partial charge in [0.1, 0.15) is 12.1 Å². The molecule has 1 unspecified atom stereocenters. The second-order valence-corrected chi connectivity index (χ2v) is 10.4. The lowest BCUT2D eigenvalue weighted by molar-refractivity contribution is -0.136. The molecule has 0 saturated heterocycles. The molecule has 1 atom stereocenters. The van der Waals surface area contributed by atoms with E-state index in [1.807, 2.05) is 0 Å². The predicted octanol–water partition coefficient (Wildman–Crippen LogP) is 6.14. The van der Waals surface area contributed by atoms with Crippen LogP contribution in [0, 0.1) is 11.2 Å². The molecule has 9 heteroatoms. The quantitative estimate of drug-likeness (QED) is 0.324. The molecular formula is C25H18BrCl2FN2O3. The average Bonchev–Trinajstić information content (AvgIpc) is 3.56. The van der Waals surface area contributed by atoms with Crippen LogP contribution in [0.5, 0.6) is 0 Å². The van der Waals surface area contributed by atoms with Crippen molar-refractivity contribution in [2.45, 2.75) is 25.1 Å². The van der Waals surface area contributed by atoms with Gasteiger partial charge in [-0.05, 0) is 49.2 Å². The van der Waals surface area contributed by atoms with Gasteiger partial charge in [-0.25, -0.2) is 4.39 Å². The van der Waals surface area contributed by atoms with Crippen LogP contribution in [-0.2, 0) is 21.8 Å². The molecule has 0 radical (unpaired) electrons. The summed E-state index contributed by atoms with van der Waals surface area (Å²) in [5.74, 6) is -1.02. The van der Waals surface area contributed by atoms with Gasteiger partial charge in [0.05, 0.1) is 35.0 Å². The summed E-state index contributed by atoms with van der Waals surface area (Å²) in [6.07, 6.45) is 3.71. The lowest BCUT2D eigenvalue weighted by Gasteiger charge is -2.40. The second kappa shape index (κ2) is 8.72. The maximum atomic E-state index is 15.6. The Balaban J connectivity index is 1.72. The van der Waals surface area contributed by atoms with Crippen LogP contribution >= 0.6 is 39.1 Å². The molecule has 1 aliphatic heterocycles. The van der Waals surface area contributed by atoms with Gasteiger partial charge >= 0.3 is 0 Å². The van der Waals surface area contributed by atoms with Crippen LogP contribution in [0.15, 0.2) is 59.2 Å². The maximum Gasteiger partial charge on any atom is 0.257 e. The van der Waals surface area contributed by atoms with Gasteiger partial charge in [0.15, 0.2) is 5.72 Å². The van der Waals surface area contributed by atoms with E-state index >= 15 is 4.39 Å². The van der Waals surface area contributed by atoms with Crippen molar-refractivity contribution in [3.63, 3.8) is 0 Å². The molecular weight excluding hydrogens is 546 g/mol. The number of carbonyl (C=O) groups is 2. The zero-order valence-electron chi connectivity index (χ0n) is 17.7. The molecule has 1 fully saturated rings.